The molecule has 5 heteroatoms. The normalized spacial score (nSPS) is 15.1. The second kappa shape index (κ2) is 11.5. The molecule has 0 fully saturated rings. The molecule has 0 aromatic heterocycles. The molecule has 1 aliphatic heterocycles. The molecule has 0 bridgehead atoms. The van der Waals surface area contributed by atoms with Crippen LogP contribution in [0.15, 0.2) is 18.2 Å². The van der Waals surface area contributed by atoms with Gasteiger partial charge in [-0.25, -0.2) is 0 Å². The van der Waals surface area contributed by atoms with Crippen LogP contribution >= 0.6 is 0 Å². The van der Waals surface area contributed by atoms with Crippen LogP contribution in [0.5, 0.6) is 11.5 Å². The Morgan fingerprint density at radius 2 is 1.78 bits per heavy atom. The Kier molecular flexibility index (Phi) is 10.5. The summed E-state index contributed by atoms with van der Waals surface area (Å²) < 4.78 is 23.0. The number of unbranched alkanes of at least 4 members (excludes halogenated alkanes) is 5. The molecule has 132 valence electrons. The first-order valence-electron chi connectivity index (χ1n) is 8.46. The van der Waals surface area contributed by atoms with E-state index in [4.69, 9.17) is 9.47 Å². The summed E-state index contributed by atoms with van der Waals surface area (Å²) in [5.74, 6) is 2.45. The summed E-state index contributed by atoms with van der Waals surface area (Å²) in [5, 5.41) is 0.191. The van der Waals surface area contributed by atoms with E-state index in [0.29, 0.717) is 6.79 Å². The number of hydrogen-bond acceptors (Lipinski definition) is 3. The van der Waals surface area contributed by atoms with E-state index in [0.717, 1.165) is 30.1 Å². The van der Waals surface area contributed by atoms with Crippen LogP contribution in [-0.4, -0.2) is 46.0 Å². The molecule has 2 atom stereocenters. The van der Waals surface area contributed by atoms with Crippen molar-refractivity contribution in [1.82, 2.24) is 0 Å². The predicted molar refractivity (Wildman–Crippen MR) is 101 cm³/mol. The summed E-state index contributed by atoms with van der Waals surface area (Å²) in [6.07, 6.45) is 8.32. The molecule has 0 amide bonds. The van der Waals surface area contributed by atoms with Crippen LogP contribution in [0, 0.1) is 0 Å². The van der Waals surface area contributed by atoms with Crippen LogP contribution in [0.1, 0.15) is 57.9 Å². The van der Waals surface area contributed by atoms with Crippen LogP contribution in [0.3, 0.4) is 0 Å². The van der Waals surface area contributed by atoms with E-state index >= 15 is 0 Å². The van der Waals surface area contributed by atoms with Gasteiger partial charge in [0.2, 0.25) is 6.79 Å². The Labute approximate surface area is 160 Å². The minimum atomic E-state index is -0.743. The van der Waals surface area contributed by atoms with Crippen LogP contribution in [-0.2, 0) is 17.6 Å². The first-order valence-corrected chi connectivity index (χ1v) is 9.84. The molecule has 1 aromatic rings. The molecule has 1 aliphatic rings. The van der Waals surface area contributed by atoms with E-state index in [1.807, 2.05) is 18.2 Å². The van der Waals surface area contributed by atoms with Crippen LogP contribution in [0.2, 0.25) is 0 Å². The van der Waals surface area contributed by atoms with Crippen molar-refractivity contribution >= 4 is 34.8 Å². The fourth-order valence-electron chi connectivity index (χ4n) is 2.72. The van der Waals surface area contributed by atoms with Crippen LogP contribution < -0.4 is 9.47 Å². The molecule has 1 heterocycles. The van der Waals surface area contributed by atoms with E-state index in [9.17, 15) is 4.55 Å². The number of ether oxygens (including phenoxy) is 2. The maximum atomic E-state index is 12.3. The summed E-state index contributed by atoms with van der Waals surface area (Å²) in [4.78, 5) is 0. The summed E-state index contributed by atoms with van der Waals surface area (Å²) in [6, 6.07) is 6.01. The Balaban J connectivity index is 0.00000264. The van der Waals surface area contributed by atoms with Crippen LogP contribution in [0.4, 0.5) is 0 Å². The van der Waals surface area contributed by atoms with Crippen molar-refractivity contribution < 1.29 is 14.0 Å². The zero-order valence-corrected chi connectivity index (χ0v) is 18.0. The van der Waals surface area contributed by atoms with Gasteiger partial charge in [-0.15, -0.1) is 0 Å². The molecule has 3 nitrogen and oxygen atoms in total. The fraction of sp³-hybridized carbons (Fsp3) is 0.667. The van der Waals surface area contributed by atoms with Gasteiger partial charge in [0, 0.05) is 6.42 Å². The zero-order chi connectivity index (χ0) is 15.8. The van der Waals surface area contributed by atoms with Crippen molar-refractivity contribution in [2.75, 3.05) is 12.5 Å². The monoisotopic (exact) mass is 456 g/mol. The molecular weight excluding hydrogens is 424 g/mol. The third-order valence-electron chi connectivity index (χ3n) is 4.11. The Morgan fingerprint density at radius 3 is 2.57 bits per heavy atom. The summed E-state index contributed by atoms with van der Waals surface area (Å²) in [5.41, 5.74) is 1.17. The topological polar surface area (TPSA) is 41.5 Å². The molecule has 0 spiro atoms. The third-order valence-corrected chi connectivity index (χ3v) is 5.86. The minimum absolute atomic E-state index is 0. The van der Waals surface area contributed by atoms with Gasteiger partial charge in [-0.2, -0.15) is 0 Å². The quantitative estimate of drug-likeness (QED) is 0.309. The van der Waals surface area contributed by atoms with Gasteiger partial charge in [0.05, 0.1) is 0 Å². The van der Waals surface area contributed by atoms with Gasteiger partial charge in [0.1, 0.15) is 11.0 Å². The molecule has 2 rings (SSSR count). The second-order valence-corrected chi connectivity index (χ2v) is 8.03. The summed E-state index contributed by atoms with van der Waals surface area (Å²) >= 11 is -0.743. The SMILES string of the molecule is CCCCCCCC[S+]([O-])C(C)Cc1ccc2c(c1)OCO2.[TeH2]. The van der Waals surface area contributed by atoms with Crippen molar-refractivity contribution in [3.05, 3.63) is 23.8 Å². The Hall–Kier alpha value is -0.0804. The average molecular weight is 454 g/mol. The Bertz CT molecular complexity index is 456. The molecule has 0 radical (unpaired) electrons. The third kappa shape index (κ3) is 7.13. The van der Waals surface area contributed by atoms with E-state index in [1.165, 1.54) is 37.7 Å². The van der Waals surface area contributed by atoms with Crippen molar-refractivity contribution in [3.63, 3.8) is 0 Å². The van der Waals surface area contributed by atoms with Gasteiger partial charge in [0.15, 0.2) is 11.5 Å². The van der Waals surface area contributed by atoms with E-state index in [1.54, 1.807) is 0 Å². The van der Waals surface area contributed by atoms with Gasteiger partial charge in [-0.05, 0) is 37.5 Å². The standard InChI is InChI=1S/C18H28O3S.H2Te/c1-3-4-5-6-7-8-11-22(19)15(2)12-16-9-10-17-18(13-16)21-14-20-17;/h9-10,13,15H,3-8,11-12,14H2,1-2H3;1H2. The zero-order valence-electron chi connectivity index (χ0n) is 14.3. The second-order valence-electron chi connectivity index (χ2n) is 6.05. The van der Waals surface area contributed by atoms with Crippen molar-refractivity contribution in [2.24, 2.45) is 0 Å². The average Bonchev–Trinajstić information content (AvgIpc) is 2.98. The van der Waals surface area contributed by atoms with Gasteiger partial charge < -0.3 is 14.0 Å². The Morgan fingerprint density at radius 1 is 1.09 bits per heavy atom. The van der Waals surface area contributed by atoms with Crippen molar-refractivity contribution in [1.29, 1.82) is 0 Å². The van der Waals surface area contributed by atoms with Gasteiger partial charge in [-0.1, -0.05) is 49.8 Å². The van der Waals surface area contributed by atoms with Crippen molar-refractivity contribution in [3.8, 4) is 11.5 Å². The molecule has 23 heavy (non-hydrogen) atoms. The van der Waals surface area contributed by atoms with Crippen molar-refractivity contribution in [2.45, 2.75) is 64.0 Å². The van der Waals surface area contributed by atoms with E-state index < -0.39 is 11.2 Å². The fourth-order valence-corrected chi connectivity index (χ4v) is 3.99. The first kappa shape index (κ1) is 21.0. The summed E-state index contributed by atoms with van der Waals surface area (Å²) in [6.45, 7) is 4.61. The number of fused-ring (bicyclic) bond motifs is 1. The predicted octanol–water partition coefficient (Wildman–Crippen LogP) is 3.54. The molecule has 0 saturated heterocycles. The van der Waals surface area contributed by atoms with Gasteiger partial charge >= 0.3 is 23.7 Å². The molecule has 1 aromatic carbocycles. The number of benzene rings is 1. The number of hydrogen-bond donors (Lipinski definition) is 0. The summed E-state index contributed by atoms with van der Waals surface area (Å²) in [7, 11) is 0. The first-order chi connectivity index (χ1) is 10.7. The molecule has 0 N–H and O–H groups in total. The molecular formula is C18H30O3STe. The number of rotatable bonds is 10. The van der Waals surface area contributed by atoms with E-state index in [2.05, 4.69) is 13.8 Å². The molecule has 0 aliphatic carbocycles. The van der Waals surface area contributed by atoms with Gasteiger partial charge in [-0.3, -0.25) is 0 Å². The van der Waals surface area contributed by atoms with Gasteiger partial charge in [0.25, 0.3) is 0 Å². The van der Waals surface area contributed by atoms with E-state index in [-0.39, 0.29) is 28.9 Å². The molecule has 2 unspecified atom stereocenters. The maximum absolute atomic E-state index is 12.3. The molecule has 0 saturated carbocycles. The van der Waals surface area contributed by atoms with Crippen LogP contribution in [0.25, 0.3) is 0 Å².